The normalized spacial score (nSPS) is 16.9. The number of piperidine rings is 1. The Hall–Kier alpha value is -4.25. The quantitative estimate of drug-likeness (QED) is 0.100. The second kappa shape index (κ2) is 16.9. The molecule has 1 aliphatic carbocycles. The third-order valence-electron chi connectivity index (χ3n) is 7.44. The van der Waals surface area contributed by atoms with Gasteiger partial charge in [0.2, 0.25) is 27.8 Å². The highest BCUT2D eigenvalue weighted by Gasteiger charge is 2.39. The number of amides is 3. The van der Waals surface area contributed by atoms with E-state index in [9.17, 15) is 37.5 Å². The van der Waals surface area contributed by atoms with Crippen LogP contribution in [-0.4, -0.2) is 111 Å². The number of esters is 1. The van der Waals surface area contributed by atoms with Crippen LogP contribution < -0.4 is 15.4 Å². The molecule has 2 aliphatic rings. The van der Waals surface area contributed by atoms with Gasteiger partial charge in [-0.25, -0.2) is 18.0 Å². The Bertz CT molecular complexity index is 1400. The van der Waals surface area contributed by atoms with E-state index >= 15 is 0 Å². The second-order valence-corrected chi connectivity index (χ2v) is 12.6. The first-order chi connectivity index (χ1) is 21.9. The van der Waals surface area contributed by atoms with Gasteiger partial charge in [-0.15, -0.1) is 0 Å². The molecule has 0 bridgehead atoms. The number of guanidine groups is 1. The number of carbonyl (C=O) groups excluding carboxylic acids is 4. The maximum Gasteiger partial charge on any atom is 0.413 e. The molecular formula is C29H42N6O10S. The number of carboxylic acids is 1. The van der Waals surface area contributed by atoms with Crippen LogP contribution in [0.3, 0.4) is 0 Å². The summed E-state index contributed by atoms with van der Waals surface area (Å²) in [7, 11) is -4.60. The molecule has 254 valence electrons. The number of alkyl carbamates (subject to hydrolysis) is 1. The molecule has 46 heavy (non-hydrogen) atoms. The maximum absolute atomic E-state index is 13.8. The second-order valence-electron chi connectivity index (χ2n) is 10.9. The Balaban J connectivity index is 1.74. The number of nitrogens with zero attached hydrogens (tertiary/aromatic N) is 2. The van der Waals surface area contributed by atoms with Crippen molar-refractivity contribution in [2.45, 2.75) is 69.4 Å². The van der Waals surface area contributed by atoms with Crippen LogP contribution in [0.5, 0.6) is 0 Å². The summed E-state index contributed by atoms with van der Waals surface area (Å²) in [6.45, 7) is 4.60. The molecule has 1 saturated heterocycles. The molecule has 2 atom stereocenters. The number of benzene rings is 1. The molecule has 1 aromatic carbocycles. The van der Waals surface area contributed by atoms with E-state index in [1.165, 1.54) is 17.0 Å². The van der Waals surface area contributed by atoms with Crippen LogP contribution in [0.2, 0.25) is 0 Å². The fraction of sp³-hybridized carbons (Fsp3) is 0.586. The van der Waals surface area contributed by atoms with E-state index in [0.29, 0.717) is 38.8 Å². The number of carbonyl (C=O) groups is 5. The molecule has 16 nitrogen and oxygen atoms in total. The molecule has 0 spiro atoms. The summed E-state index contributed by atoms with van der Waals surface area (Å²) in [5.41, 5.74) is -0.503. The van der Waals surface area contributed by atoms with Crippen LogP contribution in [-0.2, 0) is 33.9 Å². The number of nitrogens with one attached hydrogen (secondary N) is 4. The van der Waals surface area contributed by atoms with Crippen LogP contribution >= 0.6 is 0 Å². The number of likely N-dealkylation sites (tertiary alicyclic amines) is 1. The van der Waals surface area contributed by atoms with Crippen molar-refractivity contribution < 1.29 is 47.0 Å². The summed E-state index contributed by atoms with van der Waals surface area (Å²) in [4.78, 5) is 64.9. The van der Waals surface area contributed by atoms with Crippen molar-refractivity contribution in [1.29, 1.82) is 5.41 Å². The van der Waals surface area contributed by atoms with Crippen LogP contribution in [0.1, 0.15) is 62.7 Å². The molecule has 1 aromatic rings. The van der Waals surface area contributed by atoms with Gasteiger partial charge in [-0.1, -0.05) is 12.1 Å². The van der Waals surface area contributed by atoms with Gasteiger partial charge in [0.1, 0.15) is 6.04 Å². The van der Waals surface area contributed by atoms with Crippen LogP contribution in [0.15, 0.2) is 29.2 Å². The summed E-state index contributed by atoms with van der Waals surface area (Å²) in [6, 6.07) is 3.08. The van der Waals surface area contributed by atoms with Crippen molar-refractivity contribution in [1.82, 2.24) is 25.2 Å². The Kier molecular flexibility index (Phi) is 13.3. The number of ether oxygens (including phenoxy) is 2. The van der Waals surface area contributed by atoms with Crippen molar-refractivity contribution in [2.75, 3.05) is 39.4 Å². The Morgan fingerprint density at radius 3 is 2.43 bits per heavy atom. The minimum atomic E-state index is -4.60. The summed E-state index contributed by atoms with van der Waals surface area (Å²) in [6.07, 6.45) is 1.23. The van der Waals surface area contributed by atoms with E-state index in [0.717, 1.165) is 12.1 Å². The van der Waals surface area contributed by atoms with Gasteiger partial charge in [0.05, 0.1) is 36.5 Å². The van der Waals surface area contributed by atoms with Gasteiger partial charge >= 0.3 is 18.0 Å². The van der Waals surface area contributed by atoms with E-state index in [-0.39, 0.29) is 50.6 Å². The first-order valence-electron chi connectivity index (χ1n) is 15.2. The van der Waals surface area contributed by atoms with Crippen LogP contribution in [0.4, 0.5) is 4.79 Å². The van der Waals surface area contributed by atoms with E-state index in [1.54, 1.807) is 18.7 Å². The highest BCUT2D eigenvalue weighted by molar-refractivity contribution is 7.89. The largest absolute Gasteiger partial charge is 0.478 e. The van der Waals surface area contributed by atoms with Crippen molar-refractivity contribution in [3.05, 3.63) is 29.8 Å². The Labute approximate surface area is 267 Å². The fourth-order valence-electron chi connectivity index (χ4n) is 5.11. The van der Waals surface area contributed by atoms with E-state index in [4.69, 9.17) is 14.9 Å². The lowest BCUT2D eigenvalue weighted by Crippen LogP contribution is -2.52. The van der Waals surface area contributed by atoms with Gasteiger partial charge in [-0.3, -0.25) is 25.1 Å². The van der Waals surface area contributed by atoms with Crippen molar-refractivity contribution in [2.24, 2.45) is 5.92 Å². The number of hydrogen-bond donors (Lipinski definition) is 5. The highest BCUT2D eigenvalue weighted by Crippen LogP contribution is 2.28. The average Bonchev–Trinajstić information content (AvgIpc) is 3.85. The average molecular weight is 667 g/mol. The Morgan fingerprint density at radius 2 is 1.78 bits per heavy atom. The molecular weight excluding hydrogens is 624 g/mol. The fourth-order valence-corrected chi connectivity index (χ4v) is 6.49. The lowest BCUT2D eigenvalue weighted by atomic mass is 9.98. The first kappa shape index (κ1) is 36.2. The zero-order valence-corrected chi connectivity index (χ0v) is 26.8. The lowest BCUT2D eigenvalue weighted by Gasteiger charge is -2.34. The molecule has 17 heteroatoms. The predicted octanol–water partition coefficient (Wildman–Crippen LogP) is 0.875. The SMILES string of the molecule is CCOC(=O)CCN(C(=O)[C@H](CC(=O)NC[C@@H]1CCCN(C(=N)NC(=O)OCC)C1)NS(=O)(=O)c1ccccc1C(=O)O)C1CC1. The standard InChI is InChI=1S/C29H42N6O10S/c1-3-44-25(37)13-15-35(20-11-12-20)26(38)22(33-46(42,43)23-10-6-5-9-21(23)27(39)40)16-24(36)31-17-19-8-7-14-34(18-19)28(30)32-29(41)45-4-2/h5-6,9-10,19-20,22,33H,3-4,7-8,11-18H2,1-2H3,(H,31,36)(H,39,40)(H2,30,32,41)/t19-,22-/m0/s1. The van der Waals surface area contributed by atoms with Crippen molar-refractivity contribution >= 4 is 45.8 Å². The van der Waals surface area contributed by atoms with E-state index in [1.807, 2.05) is 0 Å². The molecule has 1 saturated carbocycles. The number of rotatable bonds is 15. The van der Waals surface area contributed by atoms with Gasteiger partial charge < -0.3 is 29.7 Å². The molecule has 5 N–H and O–H groups in total. The van der Waals surface area contributed by atoms with E-state index in [2.05, 4.69) is 15.4 Å². The molecule has 3 rings (SSSR count). The summed E-state index contributed by atoms with van der Waals surface area (Å²) >= 11 is 0. The summed E-state index contributed by atoms with van der Waals surface area (Å²) in [5.74, 6) is -3.60. The predicted molar refractivity (Wildman–Crippen MR) is 163 cm³/mol. The summed E-state index contributed by atoms with van der Waals surface area (Å²) < 4.78 is 38.9. The number of aromatic carboxylic acids is 1. The monoisotopic (exact) mass is 666 g/mol. The molecule has 1 heterocycles. The van der Waals surface area contributed by atoms with Gasteiger partial charge in [0.15, 0.2) is 0 Å². The molecule has 0 aromatic heterocycles. The minimum Gasteiger partial charge on any atom is -0.478 e. The van der Waals surface area contributed by atoms with Crippen molar-refractivity contribution in [3.8, 4) is 0 Å². The molecule has 0 radical (unpaired) electrons. The van der Waals surface area contributed by atoms with Gasteiger partial charge in [0, 0.05) is 32.2 Å². The third-order valence-corrected chi connectivity index (χ3v) is 8.97. The molecule has 3 amide bonds. The Morgan fingerprint density at radius 1 is 1.09 bits per heavy atom. The first-order valence-corrected chi connectivity index (χ1v) is 16.7. The van der Waals surface area contributed by atoms with Gasteiger partial charge in [-0.2, -0.15) is 4.72 Å². The number of carboxylic acid groups (broad SMARTS) is 1. The molecule has 0 unspecified atom stereocenters. The summed E-state index contributed by atoms with van der Waals surface area (Å²) in [5, 5.41) is 22.8. The van der Waals surface area contributed by atoms with Crippen LogP contribution in [0, 0.1) is 11.3 Å². The number of sulfonamides is 1. The zero-order valence-electron chi connectivity index (χ0n) is 26.0. The number of hydrogen-bond acceptors (Lipinski definition) is 10. The third kappa shape index (κ3) is 10.7. The smallest absolute Gasteiger partial charge is 0.413 e. The van der Waals surface area contributed by atoms with Crippen molar-refractivity contribution in [3.63, 3.8) is 0 Å². The molecule has 1 aliphatic heterocycles. The lowest BCUT2D eigenvalue weighted by molar-refractivity contribution is -0.144. The maximum atomic E-state index is 13.8. The van der Waals surface area contributed by atoms with Gasteiger partial charge in [-0.05, 0) is 57.6 Å². The van der Waals surface area contributed by atoms with E-state index < -0.39 is 62.8 Å². The molecule has 2 fully saturated rings. The minimum absolute atomic E-state index is 0.0441. The zero-order chi connectivity index (χ0) is 33.9. The van der Waals surface area contributed by atoms with Crippen LogP contribution in [0.25, 0.3) is 0 Å². The topological polar surface area (TPSA) is 225 Å². The highest BCUT2D eigenvalue weighted by atomic mass is 32.2. The van der Waals surface area contributed by atoms with Gasteiger partial charge in [0.25, 0.3) is 0 Å².